The Kier molecular flexibility index (Phi) is 5.99. The van der Waals surface area contributed by atoms with Crippen molar-refractivity contribution in [1.29, 1.82) is 0 Å². The fraction of sp³-hybridized carbons (Fsp3) is 0.263. The fourth-order valence-electron chi connectivity index (χ4n) is 2.43. The molecule has 2 aromatic rings. The van der Waals surface area contributed by atoms with Gasteiger partial charge in [-0.2, -0.15) is 0 Å². The third-order valence-electron chi connectivity index (χ3n) is 3.66. The van der Waals surface area contributed by atoms with Crippen LogP contribution in [0, 0.1) is 13.8 Å². The van der Waals surface area contributed by atoms with Crippen LogP contribution in [0.2, 0.25) is 5.02 Å². The van der Waals surface area contributed by atoms with Crippen LogP contribution in [0.3, 0.4) is 0 Å². The van der Waals surface area contributed by atoms with Crippen LogP contribution in [0.4, 0.5) is 11.4 Å². The van der Waals surface area contributed by atoms with Crippen molar-refractivity contribution in [2.24, 2.45) is 0 Å². The summed E-state index contributed by atoms with van der Waals surface area (Å²) in [5.74, 6) is -0.760. The SMILES string of the molecule is CCc1ccc(NC(=O)CC(=O)Nc2c(C)cc(C)cc2Cl)cc1. The molecule has 4 nitrogen and oxygen atoms in total. The normalized spacial score (nSPS) is 10.3. The second kappa shape index (κ2) is 7.97. The summed E-state index contributed by atoms with van der Waals surface area (Å²) >= 11 is 6.16. The van der Waals surface area contributed by atoms with Crippen LogP contribution in [-0.2, 0) is 16.0 Å². The number of benzene rings is 2. The average Bonchev–Trinajstić information content (AvgIpc) is 2.51. The minimum atomic E-state index is -0.397. The number of halogens is 1. The summed E-state index contributed by atoms with van der Waals surface area (Å²) in [5.41, 5.74) is 4.30. The molecule has 0 fully saturated rings. The van der Waals surface area contributed by atoms with E-state index in [0.717, 1.165) is 17.5 Å². The highest BCUT2D eigenvalue weighted by molar-refractivity contribution is 6.34. The monoisotopic (exact) mass is 344 g/mol. The molecule has 0 bridgehead atoms. The van der Waals surface area contributed by atoms with E-state index in [1.807, 2.05) is 44.2 Å². The first-order chi connectivity index (χ1) is 11.4. The van der Waals surface area contributed by atoms with Crippen molar-refractivity contribution in [2.75, 3.05) is 10.6 Å². The number of nitrogens with one attached hydrogen (secondary N) is 2. The number of amides is 2. The molecule has 0 atom stereocenters. The molecule has 0 radical (unpaired) electrons. The highest BCUT2D eigenvalue weighted by Gasteiger charge is 2.13. The van der Waals surface area contributed by atoms with Gasteiger partial charge < -0.3 is 10.6 Å². The van der Waals surface area contributed by atoms with Gasteiger partial charge in [0.1, 0.15) is 6.42 Å². The maximum atomic E-state index is 12.1. The van der Waals surface area contributed by atoms with Gasteiger partial charge in [0, 0.05) is 5.69 Å². The van der Waals surface area contributed by atoms with Crippen LogP contribution in [0.5, 0.6) is 0 Å². The van der Waals surface area contributed by atoms with Crippen molar-refractivity contribution in [3.8, 4) is 0 Å². The number of carbonyl (C=O) groups excluding carboxylic acids is 2. The summed E-state index contributed by atoms with van der Waals surface area (Å²) in [6, 6.07) is 11.3. The van der Waals surface area contributed by atoms with Gasteiger partial charge in [0.15, 0.2) is 0 Å². The molecule has 0 saturated carbocycles. The van der Waals surface area contributed by atoms with Gasteiger partial charge >= 0.3 is 0 Å². The highest BCUT2D eigenvalue weighted by atomic mass is 35.5. The van der Waals surface area contributed by atoms with Crippen molar-refractivity contribution < 1.29 is 9.59 Å². The van der Waals surface area contributed by atoms with E-state index in [-0.39, 0.29) is 12.3 Å². The van der Waals surface area contributed by atoms with Gasteiger partial charge in [-0.3, -0.25) is 9.59 Å². The Balaban J connectivity index is 1.95. The number of hydrogen-bond donors (Lipinski definition) is 2. The van der Waals surface area contributed by atoms with Crippen LogP contribution in [0.15, 0.2) is 36.4 Å². The minimum Gasteiger partial charge on any atom is -0.326 e. The summed E-state index contributed by atoms with van der Waals surface area (Å²) < 4.78 is 0. The van der Waals surface area contributed by atoms with E-state index < -0.39 is 5.91 Å². The smallest absolute Gasteiger partial charge is 0.233 e. The predicted octanol–water partition coefficient (Wildman–Crippen LogP) is 4.49. The van der Waals surface area contributed by atoms with E-state index in [1.165, 1.54) is 5.56 Å². The molecule has 0 saturated heterocycles. The number of rotatable bonds is 5. The Hall–Kier alpha value is -2.33. The van der Waals surface area contributed by atoms with Crippen LogP contribution >= 0.6 is 11.6 Å². The van der Waals surface area contributed by atoms with E-state index in [9.17, 15) is 9.59 Å². The lowest BCUT2D eigenvalue weighted by atomic mass is 10.1. The number of anilines is 2. The van der Waals surface area contributed by atoms with Crippen molar-refractivity contribution in [3.05, 3.63) is 58.1 Å². The van der Waals surface area contributed by atoms with Gasteiger partial charge in [0.25, 0.3) is 0 Å². The first-order valence-electron chi connectivity index (χ1n) is 7.84. The zero-order valence-corrected chi connectivity index (χ0v) is 14.8. The number of hydrogen-bond acceptors (Lipinski definition) is 2. The molecule has 2 amide bonds. The molecule has 24 heavy (non-hydrogen) atoms. The molecule has 126 valence electrons. The van der Waals surface area contributed by atoms with E-state index in [4.69, 9.17) is 11.6 Å². The molecule has 0 unspecified atom stereocenters. The second-order valence-electron chi connectivity index (χ2n) is 5.76. The molecule has 2 rings (SSSR count). The molecule has 0 spiro atoms. The van der Waals surface area contributed by atoms with E-state index in [2.05, 4.69) is 17.6 Å². The predicted molar refractivity (Wildman–Crippen MR) is 98.6 cm³/mol. The minimum absolute atomic E-state index is 0.265. The molecule has 0 aromatic heterocycles. The first-order valence-corrected chi connectivity index (χ1v) is 8.22. The lowest BCUT2D eigenvalue weighted by Gasteiger charge is -2.12. The van der Waals surface area contributed by atoms with Crippen LogP contribution < -0.4 is 10.6 Å². The van der Waals surface area contributed by atoms with Gasteiger partial charge in [-0.05, 0) is 55.2 Å². The molecular formula is C19H21ClN2O2. The Morgan fingerprint density at radius 3 is 2.21 bits per heavy atom. The summed E-state index contributed by atoms with van der Waals surface area (Å²) in [7, 11) is 0. The van der Waals surface area contributed by atoms with Gasteiger partial charge in [-0.15, -0.1) is 0 Å². The molecule has 0 aliphatic carbocycles. The van der Waals surface area contributed by atoms with Crippen LogP contribution in [0.25, 0.3) is 0 Å². The third-order valence-corrected chi connectivity index (χ3v) is 3.96. The summed E-state index contributed by atoms with van der Waals surface area (Å²) in [4.78, 5) is 24.1. The lowest BCUT2D eigenvalue weighted by Crippen LogP contribution is -2.22. The lowest BCUT2D eigenvalue weighted by molar-refractivity contribution is -0.123. The van der Waals surface area contributed by atoms with E-state index in [0.29, 0.717) is 16.4 Å². The average molecular weight is 345 g/mol. The fourth-order valence-corrected chi connectivity index (χ4v) is 2.80. The van der Waals surface area contributed by atoms with Crippen molar-refractivity contribution in [1.82, 2.24) is 0 Å². The zero-order chi connectivity index (χ0) is 17.7. The quantitative estimate of drug-likeness (QED) is 0.785. The number of carbonyl (C=O) groups is 2. The molecule has 5 heteroatoms. The maximum Gasteiger partial charge on any atom is 0.233 e. The Labute approximate surface area is 147 Å². The zero-order valence-electron chi connectivity index (χ0n) is 14.1. The molecule has 0 aliphatic heterocycles. The number of aryl methyl sites for hydroxylation is 3. The van der Waals surface area contributed by atoms with Crippen LogP contribution in [0.1, 0.15) is 30.0 Å². The van der Waals surface area contributed by atoms with Crippen molar-refractivity contribution in [2.45, 2.75) is 33.6 Å². The van der Waals surface area contributed by atoms with Gasteiger partial charge in [-0.1, -0.05) is 36.7 Å². The highest BCUT2D eigenvalue weighted by Crippen LogP contribution is 2.27. The molecule has 2 N–H and O–H groups in total. The molecule has 0 aliphatic rings. The van der Waals surface area contributed by atoms with Crippen LogP contribution in [-0.4, -0.2) is 11.8 Å². The Morgan fingerprint density at radius 1 is 1.00 bits per heavy atom. The largest absolute Gasteiger partial charge is 0.326 e. The summed E-state index contributed by atoms with van der Waals surface area (Å²) in [6.07, 6.45) is 0.673. The first kappa shape index (κ1) is 18.0. The van der Waals surface area contributed by atoms with Gasteiger partial charge in [0.05, 0.1) is 10.7 Å². The van der Waals surface area contributed by atoms with Crippen molar-refractivity contribution >= 4 is 34.8 Å². The molecule has 2 aromatic carbocycles. The summed E-state index contributed by atoms with van der Waals surface area (Å²) in [5, 5.41) is 5.89. The maximum absolute atomic E-state index is 12.1. The summed E-state index contributed by atoms with van der Waals surface area (Å²) in [6.45, 7) is 5.86. The Morgan fingerprint density at radius 2 is 1.62 bits per heavy atom. The van der Waals surface area contributed by atoms with E-state index in [1.54, 1.807) is 6.07 Å². The molecule has 0 heterocycles. The van der Waals surface area contributed by atoms with E-state index >= 15 is 0 Å². The molecular weight excluding hydrogens is 324 g/mol. The van der Waals surface area contributed by atoms with Crippen molar-refractivity contribution in [3.63, 3.8) is 0 Å². The standard InChI is InChI=1S/C19H21ClN2O2/c1-4-14-5-7-15(8-6-14)21-17(23)11-18(24)22-19-13(3)9-12(2)10-16(19)20/h5-10H,4,11H2,1-3H3,(H,21,23)(H,22,24). The van der Waals surface area contributed by atoms with Gasteiger partial charge in [-0.25, -0.2) is 0 Å². The Bertz CT molecular complexity index is 731. The third kappa shape index (κ3) is 4.83. The topological polar surface area (TPSA) is 58.2 Å². The second-order valence-corrected chi connectivity index (χ2v) is 6.17. The van der Waals surface area contributed by atoms with Gasteiger partial charge in [0.2, 0.25) is 11.8 Å².